The third kappa shape index (κ3) is 5.63. The van der Waals surface area contributed by atoms with Crippen molar-refractivity contribution in [1.29, 1.82) is 0 Å². The Morgan fingerprint density at radius 1 is 0.447 bits per heavy atom. The number of phenols is 2. The predicted octanol–water partition coefficient (Wildman–Crippen LogP) is 8.18. The second kappa shape index (κ2) is 9.86. The van der Waals surface area contributed by atoms with Crippen molar-refractivity contribution in [1.82, 2.24) is 0 Å². The van der Waals surface area contributed by atoms with E-state index in [1.807, 2.05) is 121 Å². The summed E-state index contributed by atoms with van der Waals surface area (Å²) in [5.41, 5.74) is -0.709. The summed E-state index contributed by atoms with van der Waals surface area (Å²) in [7, 11) is 0. The van der Waals surface area contributed by atoms with Gasteiger partial charge >= 0.3 is 0 Å². The molecule has 0 bridgehead atoms. The first-order valence-electron chi connectivity index (χ1n) is 14.1. The molecule has 0 radical (unpaired) electrons. The Morgan fingerprint density at radius 2 is 0.632 bits per heavy atom. The molecule has 2 atom stereocenters. The summed E-state index contributed by atoms with van der Waals surface area (Å²) in [5.74, 6) is 0.476. The van der Waals surface area contributed by atoms with Crippen molar-refractivity contribution in [3.8, 4) is 11.5 Å². The van der Waals surface area contributed by atoms with Crippen LogP contribution in [0.1, 0.15) is 143 Å². The fraction of sp³-hybridized carbons (Fsp3) is 0.647. The summed E-state index contributed by atoms with van der Waals surface area (Å²) in [5, 5.41) is 47.8. The number of aliphatic hydroxyl groups is 2. The molecule has 4 heteroatoms. The van der Waals surface area contributed by atoms with E-state index in [1.165, 1.54) is 0 Å². The van der Waals surface area contributed by atoms with E-state index in [4.69, 9.17) is 0 Å². The van der Waals surface area contributed by atoms with Crippen LogP contribution in [-0.2, 0) is 32.9 Å². The van der Waals surface area contributed by atoms with Crippen LogP contribution in [-0.4, -0.2) is 20.4 Å². The molecule has 0 aliphatic rings. The Hall–Kier alpha value is -2.04. The number of aromatic hydroxyl groups is 2. The monoisotopic (exact) mass is 526 g/mol. The van der Waals surface area contributed by atoms with Gasteiger partial charge in [-0.15, -0.1) is 0 Å². The maximum Gasteiger partial charge on any atom is 0.123 e. The van der Waals surface area contributed by atoms with E-state index < -0.39 is 11.2 Å². The largest absolute Gasteiger partial charge is 0.507 e. The fourth-order valence-corrected chi connectivity index (χ4v) is 5.50. The number of rotatable bonds is 5. The molecule has 0 heterocycles. The summed E-state index contributed by atoms with van der Waals surface area (Å²) in [6.07, 6.45) is 0.512. The van der Waals surface area contributed by atoms with Crippen molar-refractivity contribution in [2.75, 3.05) is 0 Å². The third-order valence-electron chi connectivity index (χ3n) is 8.11. The molecule has 0 fully saturated rings. The minimum absolute atomic E-state index is 0.238. The number of benzene rings is 2. The standard InChI is InChI=1S/C34H54O4/c1-15-33(37,21-17-23(29(3,4)5)27(35)24(18-21)30(6,7)8)34(38,16-2)22-19-25(31(9,10)11)28(36)26(20-22)32(12,13)14/h17-20,35-38H,15-16H2,1-14H3. The van der Waals surface area contributed by atoms with Gasteiger partial charge in [0.15, 0.2) is 0 Å². The van der Waals surface area contributed by atoms with E-state index in [1.54, 1.807) is 0 Å². The van der Waals surface area contributed by atoms with E-state index in [9.17, 15) is 20.4 Å². The molecule has 4 N–H and O–H groups in total. The number of phenolic OH excluding ortho intramolecular Hbond substituents is 2. The summed E-state index contributed by atoms with van der Waals surface area (Å²) in [4.78, 5) is 0. The minimum Gasteiger partial charge on any atom is -0.507 e. The second-order valence-corrected chi connectivity index (χ2v) is 15.3. The molecule has 0 spiro atoms. The lowest BCUT2D eigenvalue weighted by Crippen LogP contribution is -2.49. The quantitative estimate of drug-likeness (QED) is 0.317. The molecule has 4 nitrogen and oxygen atoms in total. The zero-order valence-corrected chi connectivity index (χ0v) is 26.5. The highest BCUT2D eigenvalue weighted by Gasteiger charge is 2.51. The minimum atomic E-state index is -1.66. The molecule has 0 aliphatic carbocycles. The lowest BCUT2D eigenvalue weighted by molar-refractivity contribution is -0.169. The molecular weight excluding hydrogens is 472 g/mol. The van der Waals surface area contributed by atoms with Gasteiger partial charge in [0.2, 0.25) is 0 Å². The molecule has 0 aromatic heterocycles. The van der Waals surface area contributed by atoms with E-state index in [-0.39, 0.29) is 46.0 Å². The summed E-state index contributed by atoms with van der Waals surface area (Å²) >= 11 is 0. The van der Waals surface area contributed by atoms with Crippen molar-refractivity contribution in [3.63, 3.8) is 0 Å². The Labute approximate surface area is 232 Å². The van der Waals surface area contributed by atoms with Crippen LogP contribution in [0.3, 0.4) is 0 Å². The molecule has 0 aliphatic heterocycles. The van der Waals surface area contributed by atoms with Crippen LogP contribution in [0.2, 0.25) is 0 Å². The smallest absolute Gasteiger partial charge is 0.123 e. The average molecular weight is 527 g/mol. The van der Waals surface area contributed by atoms with Crippen molar-refractivity contribution >= 4 is 0 Å². The molecule has 0 amide bonds. The van der Waals surface area contributed by atoms with Crippen LogP contribution in [0.25, 0.3) is 0 Å². The lowest BCUT2D eigenvalue weighted by atomic mass is 9.66. The molecule has 2 aromatic carbocycles. The first-order valence-corrected chi connectivity index (χ1v) is 14.1. The van der Waals surface area contributed by atoms with E-state index in [2.05, 4.69) is 0 Å². The molecule has 2 rings (SSSR count). The molecule has 0 saturated heterocycles. The highest BCUT2D eigenvalue weighted by atomic mass is 16.4. The van der Waals surface area contributed by atoms with E-state index >= 15 is 0 Å². The molecule has 0 saturated carbocycles. The van der Waals surface area contributed by atoms with E-state index in [0.29, 0.717) is 11.1 Å². The van der Waals surface area contributed by atoms with Gasteiger partial charge in [-0.2, -0.15) is 0 Å². The first kappa shape index (κ1) is 32.2. The van der Waals surface area contributed by atoms with Gasteiger partial charge in [0.25, 0.3) is 0 Å². The zero-order chi connectivity index (χ0) is 29.9. The van der Waals surface area contributed by atoms with Crippen molar-refractivity contribution in [3.05, 3.63) is 57.6 Å². The Morgan fingerprint density at radius 3 is 0.763 bits per heavy atom. The zero-order valence-electron chi connectivity index (χ0n) is 26.5. The fourth-order valence-electron chi connectivity index (χ4n) is 5.50. The Balaban J connectivity index is 3.07. The molecular formula is C34H54O4. The highest BCUT2D eigenvalue weighted by Crippen LogP contribution is 2.51. The maximum absolute atomic E-state index is 12.6. The average Bonchev–Trinajstić information content (AvgIpc) is 2.74. The summed E-state index contributed by atoms with van der Waals surface area (Å²) in [6.45, 7) is 28.3. The third-order valence-corrected chi connectivity index (χ3v) is 8.11. The van der Waals surface area contributed by atoms with Gasteiger partial charge in [0, 0.05) is 0 Å². The highest BCUT2D eigenvalue weighted by molar-refractivity contribution is 5.55. The van der Waals surface area contributed by atoms with Crippen molar-refractivity contribution in [2.45, 2.75) is 143 Å². The predicted molar refractivity (Wildman–Crippen MR) is 159 cm³/mol. The van der Waals surface area contributed by atoms with Crippen LogP contribution >= 0.6 is 0 Å². The van der Waals surface area contributed by atoms with E-state index in [0.717, 1.165) is 22.3 Å². The van der Waals surface area contributed by atoms with Crippen molar-refractivity contribution < 1.29 is 20.4 Å². The Kier molecular flexibility index (Phi) is 8.34. The van der Waals surface area contributed by atoms with Gasteiger partial charge in [-0.25, -0.2) is 0 Å². The SMILES string of the molecule is CCC(O)(c1cc(C(C)(C)C)c(O)c(C(C)(C)C)c1)C(O)(CC)c1cc(C(C)(C)C)c(O)c(C(C)(C)C)c1. The summed E-state index contributed by atoms with van der Waals surface area (Å²) in [6, 6.07) is 7.46. The maximum atomic E-state index is 12.6. The Bertz CT molecular complexity index is 1000. The molecule has 38 heavy (non-hydrogen) atoms. The van der Waals surface area contributed by atoms with Crippen LogP contribution < -0.4 is 0 Å². The molecule has 2 aromatic rings. The van der Waals surface area contributed by atoms with Gasteiger partial charge in [0.1, 0.15) is 22.7 Å². The van der Waals surface area contributed by atoms with Gasteiger partial charge in [-0.3, -0.25) is 0 Å². The first-order chi connectivity index (χ1) is 16.9. The van der Waals surface area contributed by atoms with Crippen molar-refractivity contribution in [2.24, 2.45) is 0 Å². The lowest BCUT2D eigenvalue weighted by Gasteiger charge is -2.45. The van der Waals surface area contributed by atoms with Gasteiger partial charge in [-0.05, 0) is 92.1 Å². The van der Waals surface area contributed by atoms with Gasteiger partial charge in [-0.1, -0.05) is 96.9 Å². The normalized spacial score (nSPS) is 16.7. The van der Waals surface area contributed by atoms with Crippen LogP contribution in [0.4, 0.5) is 0 Å². The molecule has 214 valence electrons. The van der Waals surface area contributed by atoms with Gasteiger partial charge in [0.05, 0.1) is 0 Å². The van der Waals surface area contributed by atoms with Crippen LogP contribution in [0, 0.1) is 0 Å². The van der Waals surface area contributed by atoms with Crippen LogP contribution in [0.5, 0.6) is 11.5 Å². The topological polar surface area (TPSA) is 80.9 Å². The van der Waals surface area contributed by atoms with Gasteiger partial charge < -0.3 is 20.4 Å². The van der Waals surface area contributed by atoms with Crippen LogP contribution in [0.15, 0.2) is 24.3 Å². The number of hydrogen-bond donors (Lipinski definition) is 4. The number of hydrogen-bond acceptors (Lipinski definition) is 4. The summed E-state index contributed by atoms with van der Waals surface area (Å²) < 4.78 is 0. The second-order valence-electron chi connectivity index (χ2n) is 15.3. The molecule has 2 unspecified atom stereocenters.